The zero-order valence-electron chi connectivity index (χ0n) is 18.6. The summed E-state index contributed by atoms with van der Waals surface area (Å²) >= 11 is 0. The molecule has 1 aliphatic heterocycles. The molecule has 0 atom stereocenters. The van der Waals surface area contributed by atoms with Gasteiger partial charge in [0, 0.05) is 30.7 Å². The highest BCUT2D eigenvalue weighted by Crippen LogP contribution is 2.39. The molecule has 0 bridgehead atoms. The van der Waals surface area contributed by atoms with Crippen molar-refractivity contribution in [2.75, 3.05) is 38.7 Å². The number of fused-ring (bicyclic) bond motifs is 1. The van der Waals surface area contributed by atoms with E-state index in [-0.39, 0.29) is 30.3 Å². The van der Waals surface area contributed by atoms with Crippen LogP contribution < -0.4 is 15.8 Å². The Morgan fingerprint density at radius 2 is 2.09 bits per heavy atom. The van der Waals surface area contributed by atoms with Gasteiger partial charge in [0.15, 0.2) is 0 Å². The van der Waals surface area contributed by atoms with Crippen molar-refractivity contribution in [2.24, 2.45) is 5.73 Å². The largest absolute Gasteiger partial charge is 0.496 e. The van der Waals surface area contributed by atoms with E-state index in [1.807, 2.05) is 18.4 Å². The first-order valence-corrected chi connectivity index (χ1v) is 11.1. The average molecular weight is 452 g/mol. The number of hydrogen-bond acceptors (Lipinski definition) is 7. The quantitative estimate of drug-likeness (QED) is 0.483. The van der Waals surface area contributed by atoms with Gasteiger partial charge in [-0.2, -0.15) is 0 Å². The zero-order chi connectivity index (χ0) is 23.4. The number of hydrogen-bond donors (Lipinski definition) is 3. The fourth-order valence-corrected chi connectivity index (χ4v) is 4.48. The number of carbonyl (C=O) groups excluding carboxylic acids is 1. The first-order chi connectivity index (χ1) is 16.1. The SMILES string of the molecule is COc1cc2ncc([C]=O)c(Nc3ccc(CN)cc3F)c2cc1C1CCN(CCO)CC1. The Kier molecular flexibility index (Phi) is 7.17. The van der Waals surface area contributed by atoms with Crippen LogP contribution in [0.1, 0.15) is 35.4 Å². The summed E-state index contributed by atoms with van der Waals surface area (Å²) in [5, 5.41) is 13.0. The van der Waals surface area contributed by atoms with Crippen LogP contribution in [0, 0.1) is 5.82 Å². The van der Waals surface area contributed by atoms with Crippen LogP contribution in [-0.2, 0) is 11.3 Å². The number of methoxy groups -OCH3 is 1. The third-order valence-corrected chi connectivity index (χ3v) is 6.30. The maximum Gasteiger partial charge on any atom is 0.237 e. The van der Waals surface area contributed by atoms with Crippen molar-refractivity contribution in [3.05, 3.63) is 59.0 Å². The number of ether oxygens (including phenoxy) is 1. The summed E-state index contributed by atoms with van der Waals surface area (Å²) in [6.07, 6.45) is 5.19. The minimum atomic E-state index is -0.454. The minimum Gasteiger partial charge on any atom is -0.496 e. The van der Waals surface area contributed by atoms with E-state index < -0.39 is 5.82 Å². The number of anilines is 2. The molecule has 0 aliphatic carbocycles. The molecule has 4 N–H and O–H groups in total. The minimum absolute atomic E-state index is 0.151. The molecule has 173 valence electrons. The molecule has 33 heavy (non-hydrogen) atoms. The molecule has 1 aromatic heterocycles. The number of pyridine rings is 1. The van der Waals surface area contributed by atoms with E-state index in [0.29, 0.717) is 28.7 Å². The van der Waals surface area contributed by atoms with Gasteiger partial charge in [0.1, 0.15) is 11.6 Å². The van der Waals surface area contributed by atoms with Gasteiger partial charge in [-0.15, -0.1) is 0 Å². The Bertz CT molecular complexity index is 1150. The summed E-state index contributed by atoms with van der Waals surface area (Å²) < 4.78 is 20.3. The predicted octanol–water partition coefficient (Wildman–Crippen LogP) is 3.21. The van der Waals surface area contributed by atoms with Gasteiger partial charge in [-0.3, -0.25) is 9.78 Å². The highest BCUT2D eigenvalue weighted by Gasteiger charge is 2.24. The molecular formula is C25H28FN4O3. The highest BCUT2D eigenvalue weighted by atomic mass is 19.1. The molecule has 0 amide bonds. The molecule has 0 spiro atoms. The van der Waals surface area contributed by atoms with Gasteiger partial charge >= 0.3 is 0 Å². The molecule has 0 unspecified atom stereocenters. The third-order valence-electron chi connectivity index (χ3n) is 6.30. The average Bonchev–Trinajstić information content (AvgIpc) is 2.85. The number of rotatable bonds is 8. The normalized spacial score (nSPS) is 15.0. The molecule has 1 radical (unpaired) electrons. The number of piperidine rings is 1. The van der Waals surface area contributed by atoms with E-state index in [2.05, 4.69) is 15.2 Å². The van der Waals surface area contributed by atoms with Gasteiger partial charge in [-0.05, 0) is 61.2 Å². The maximum atomic E-state index is 14.7. The Balaban J connectivity index is 1.76. The number of β-amino-alcohol motifs (C(OH)–C–C–N with tert-alkyl or cyclic N) is 1. The number of aliphatic hydroxyl groups excluding tert-OH is 1. The topological polar surface area (TPSA) is 101 Å². The third kappa shape index (κ3) is 4.83. The lowest BCUT2D eigenvalue weighted by molar-refractivity contribution is 0.163. The number of aromatic nitrogens is 1. The Hall–Kier alpha value is -3.07. The monoisotopic (exact) mass is 451 g/mol. The van der Waals surface area contributed by atoms with E-state index in [9.17, 15) is 14.3 Å². The zero-order valence-corrected chi connectivity index (χ0v) is 18.6. The van der Waals surface area contributed by atoms with E-state index in [1.165, 1.54) is 12.3 Å². The Labute approximate surface area is 192 Å². The summed E-state index contributed by atoms with van der Waals surface area (Å²) in [5.74, 6) is 0.546. The molecular weight excluding hydrogens is 423 g/mol. The second kappa shape index (κ2) is 10.2. The molecule has 3 aromatic rings. The van der Waals surface area contributed by atoms with E-state index in [0.717, 1.165) is 37.2 Å². The Morgan fingerprint density at radius 3 is 2.73 bits per heavy atom. The van der Waals surface area contributed by atoms with Crippen LogP contribution >= 0.6 is 0 Å². The van der Waals surface area contributed by atoms with Gasteiger partial charge in [-0.25, -0.2) is 4.39 Å². The van der Waals surface area contributed by atoms with Crippen LogP contribution in [-0.4, -0.2) is 54.6 Å². The summed E-state index contributed by atoms with van der Waals surface area (Å²) in [6.45, 7) is 2.83. The van der Waals surface area contributed by atoms with Crippen molar-refractivity contribution in [3.63, 3.8) is 0 Å². The van der Waals surface area contributed by atoms with Gasteiger partial charge in [0.25, 0.3) is 0 Å². The standard InChI is InChI=1S/C25H28FN4O3/c1-33-24-12-23-20(11-19(24)17-4-6-30(7-5-17)8-9-31)25(18(15-32)14-28-23)29-22-3-2-16(13-27)10-21(22)26/h2-3,10-12,14,17,31H,4-9,13,27H2,1H3,(H,28,29). The van der Waals surface area contributed by atoms with Gasteiger partial charge < -0.3 is 25.8 Å². The first kappa shape index (κ1) is 23.1. The van der Waals surface area contributed by atoms with Crippen molar-refractivity contribution >= 4 is 28.6 Å². The van der Waals surface area contributed by atoms with Gasteiger partial charge in [0.2, 0.25) is 6.29 Å². The fourth-order valence-electron chi connectivity index (χ4n) is 4.48. The lowest BCUT2D eigenvalue weighted by Crippen LogP contribution is -2.35. The van der Waals surface area contributed by atoms with Crippen molar-refractivity contribution < 1.29 is 19.0 Å². The van der Waals surface area contributed by atoms with Crippen LogP contribution in [0.15, 0.2) is 36.5 Å². The van der Waals surface area contributed by atoms with Crippen LogP contribution in [0.25, 0.3) is 10.9 Å². The smallest absolute Gasteiger partial charge is 0.237 e. The number of nitrogens with two attached hydrogens (primary N) is 1. The summed E-state index contributed by atoms with van der Waals surface area (Å²) in [6, 6.07) is 8.58. The molecule has 1 fully saturated rings. The predicted molar refractivity (Wildman–Crippen MR) is 126 cm³/mol. The van der Waals surface area contributed by atoms with Crippen LogP contribution in [0.5, 0.6) is 5.75 Å². The summed E-state index contributed by atoms with van der Waals surface area (Å²) in [5.41, 5.74) is 8.87. The molecule has 4 rings (SSSR count). The van der Waals surface area contributed by atoms with Crippen molar-refractivity contribution in [1.29, 1.82) is 0 Å². The van der Waals surface area contributed by atoms with E-state index >= 15 is 0 Å². The molecule has 8 heteroatoms. The Morgan fingerprint density at radius 1 is 1.30 bits per heavy atom. The molecule has 2 aromatic carbocycles. The number of likely N-dealkylation sites (tertiary alicyclic amines) is 1. The number of nitrogens with one attached hydrogen (secondary N) is 1. The van der Waals surface area contributed by atoms with Crippen molar-refractivity contribution in [1.82, 2.24) is 9.88 Å². The second-order valence-electron chi connectivity index (χ2n) is 8.24. The maximum absolute atomic E-state index is 14.7. The lowest BCUT2D eigenvalue weighted by atomic mass is 9.87. The molecule has 1 saturated heterocycles. The van der Waals surface area contributed by atoms with Gasteiger partial charge in [-0.1, -0.05) is 6.07 Å². The summed E-state index contributed by atoms with van der Waals surface area (Å²) in [7, 11) is 1.63. The van der Waals surface area contributed by atoms with Crippen LogP contribution in [0.2, 0.25) is 0 Å². The van der Waals surface area contributed by atoms with E-state index in [1.54, 1.807) is 19.2 Å². The van der Waals surface area contributed by atoms with Crippen molar-refractivity contribution in [2.45, 2.75) is 25.3 Å². The lowest BCUT2D eigenvalue weighted by Gasteiger charge is -2.32. The molecule has 0 saturated carbocycles. The van der Waals surface area contributed by atoms with Crippen LogP contribution in [0.3, 0.4) is 0 Å². The first-order valence-electron chi connectivity index (χ1n) is 11.1. The number of nitrogens with zero attached hydrogens (tertiary/aromatic N) is 2. The highest BCUT2D eigenvalue weighted by molar-refractivity contribution is 6.02. The van der Waals surface area contributed by atoms with E-state index in [4.69, 9.17) is 10.5 Å². The fraction of sp³-hybridized carbons (Fsp3) is 0.360. The molecule has 2 heterocycles. The number of aliphatic hydroxyl groups is 1. The second-order valence-corrected chi connectivity index (χ2v) is 8.24. The summed E-state index contributed by atoms with van der Waals surface area (Å²) in [4.78, 5) is 18.3. The number of benzene rings is 2. The van der Waals surface area contributed by atoms with Crippen molar-refractivity contribution in [3.8, 4) is 5.75 Å². The number of halogens is 1. The molecule has 7 nitrogen and oxygen atoms in total. The van der Waals surface area contributed by atoms with Crippen LogP contribution in [0.4, 0.5) is 15.8 Å². The van der Waals surface area contributed by atoms with Gasteiger partial charge in [0.05, 0.1) is 36.2 Å². The molecule has 1 aliphatic rings.